The summed E-state index contributed by atoms with van der Waals surface area (Å²) < 4.78 is 52.5. The van der Waals surface area contributed by atoms with E-state index in [1.165, 1.54) is 0 Å². The maximum absolute atomic E-state index is 12.4. The third-order valence-electron chi connectivity index (χ3n) is 1.81. The second-order valence-electron chi connectivity index (χ2n) is 3.03. The third-order valence-corrected chi connectivity index (χ3v) is 1.81. The van der Waals surface area contributed by atoms with E-state index in [9.17, 15) is 22.4 Å². The van der Waals surface area contributed by atoms with Gasteiger partial charge in [-0.25, -0.2) is 8.78 Å². The van der Waals surface area contributed by atoms with E-state index < -0.39 is 30.1 Å². The average Bonchev–Trinajstić information content (AvgIpc) is 2.15. The minimum atomic E-state index is -3.12. The molecule has 0 bridgehead atoms. The van der Waals surface area contributed by atoms with Crippen molar-refractivity contribution in [3.8, 4) is 5.75 Å². The molecule has 0 heterocycles. The van der Waals surface area contributed by atoms with Gasteiger partial charge in [0.05, 0.1) is 0 Å². The Kier molecular flexibility index (Phi) is 3.87. The van der Waals surface area contributed by atoms with E-state index in [4.69, 9.17) is 0 Å². The molecule has 0 unspecified atom stereocenters. The molecule has 0 atom stereocenters. The average molecular weight is 236 g/mol. The van der Waals surface area contributed by atoms with Gasteiger partial charge in [0.15, 0.2) is 5.78 Å². The molecular formula is C10H8F4O2. The second kappa shape index (κ2) is 4.96. The zero-order chi connectivity index (χ0) is 12.3. The van der Waals surface area contributed by atoms with Gasteiger partial charge in [-0.3, -0.25) is 4.79 Å². The maximum Gasteiger partial charge on any atom is 0.387 e. The molecule has 0 aliphatic rings. The summed E-state index contributed by atoms with van der Waals surface area (Å²) in [5.41, 5.74) is -0.614. The fourth-order valence-corrected chi connectivity index (χ4v) is 1.12. The summed E-state index contributed by atoms with van der Waals surface area (Å²) in [6.07, 6.45) is -2.85. The Morgan fingerprint density at radius 3 is 2.25 bits per heavy atom. The number of Topliss-reactive ketones (excluding diaryl/α,β-unsaturated/α-hetero) is 1. The van der Waals surface area contributed by atoms with Crippen LogP contribution in [0.5, 0.6) is 5.75 Å². The van der Waals surface area contributed by atoms with Crippen molar-refractivity contribution in [2.24, 2.45) is 0 Å². The van der Waals surface area contributed by atoms with Crippen molar-refractivity contribution < 1.29 is 27.1 Å². The van der Waals surface area contributed by atoms with Crippen molar-refractivity contribution in [1.29, 1.82) is 0 Å². The van der Waals surface area contributed by atoms with Gasteiger partial charge < -0.3 is 4.74 Å². The molecule has 0 radical (unpaired) electrons. The predicted molar refractivity (Wildman–Crippen MR) is 48.0 cm³/mol. The molecule has 2 nitrogen and oxygen atoms in total. The molecule has 0 aliphatic carbocycles. The number of carbonyl (C=O) groups excluding carboxylic acids is 1. The van der Waals surface area contributed by atoms with Crippen LogP contribution in [0.1, 0.15) is 29.3 Å². The van der Waals surface area contributed by atoms with Crippen LogP contribution < -0.4 is 4.74 Å². The van der Waals surface area contributed by atoms with Crippen LogP contribution in [0.4, 0.5) is 17.6 Å². The topological polar surface area (TPSA) is 26.3 Å². The summed E-state index contributed by atoms with van der Waals surface area (Å²) >= 11 is 0. The van der Waals surface area contributed by atoms with Gasteiger partial charge in [-0.15, -0.1) is 0 Å². The van der Waals surface area contributed by atoms with Gasteiger partial charge in [-0.05, 0) is 25.1 Å². The lowest BCUT2D eigenvalue weighted by molar-refractivity contribution is -0.0500. The minimum Gasteiger partial charge on any atom is -0.435 e. The molecule has 0 aromatic heterocycles. The molecule has 6 heteroatoms. The van der Waals surface area contributed by atoms with Crippen LogP contribution in [-0.2, 0) is 0 Å². The molecule has 0 saturated heterocycles. The Balaban J connectivity index is 3.13. The fourth-order valence-electron chi connectivity index (χ4n) is 1.12. The van der Waals surface area contributed by atoms with E-state index in [0.29, 0.717) is 0 Å². The number of hydrogen-bond acceptors (Lipinski definition) is 2. The van der Waals surface area contributed by atoms with Gasteiger partial charge in [0.25, 0.3) is 6.43 Å². The molecule has 0 amide bonds. The molecule has 0 N–H and O–H groups in total. The van der Waals surface area contributed by atoms with E-state index in [0.717, 1.165) is 25.1 Å². The summed E-state index contributed by atoms with van der Waals surface area (Å²) in [7, 11) is 0. The molecule has 0 saturated carbocycles. The largest absolute Gasteiger partial charge is 0.435 e. The number of ketones is 1. The molecule has 16 heavy (non-hydrogen) atoms. The van der Waals surface area contributed by atoms with E-state index in [-0.39, 0.29) is 5.56 Å². The Labute approximate surface area is 88.8 Å². The van der Waals surface area contributed by atoms with E-state index >= 15 is 0 Å². The van der Waals surface area contributed by atoms with Crippen LogP contribution in [0.2, 0.25) is 0 Å². The number of alkyl halides is 4. The molecule has 1 aromatic rings. The first-order valence-electron chi connectivity index (χ1n) is 4.29. The lowest BCUT2D eigenvalue weighted by Crippen LogP contribution is -2.04. The summed E-state index contributed by atoms with van der Waals surface area (Å²) in [4.78, 5) is 11.0. The van der Waals surface area contributed by atoms with Crippen LogP contribution in [-0.4, -0.2) is 12.4 Å². The van der Waals surface area contributed by atoms with Crippen LogP contribution in [0.3, 0.4) is 0 Å². The lowest BCUT2D eigenvalue weighted by atomic mass is 10.1. The van der Waals surface area contributed by atoms with Gasteiger partial charge in [0.2, 0.25) is 0 Å². The zero-order valence-electron chi connectivity index (χ0n) is 8.22. The highest BCUT2D eigenvalue weighted by molar-refractivity contribution is 5.94. The lowest BCUT2D eigenvalue weighted by Gasteiger charge is -2.08. The molecule has 0 fully saturated rings. The Bertz CT molecular complexity index is 390. The quantitative estimate of drug-likeness (QED) is 0.591. The zero-order valence-corrected chi connectivity index (χ0v) is 8.22. The van der Waals surface area contributed by atoms with Gasteiger partial charge in [-0.2, -0.15) is 8.78 Å². The van der Waals surface area contributed by atoms with E-state index in [1.807, 2.05) is 0 Å². The number of rotatable bonds is 4. The highest BCUT2D eigenvalue weighted by Gasteiger charge is 2.14. The molecule has 0 aliphatic heterocycles. The first-order valence-corrected chi connectivity index (χ1v) is 4.29. The van der Waals surface area contributed by atoms with Gasteiger partial charge in [0, 0.05) is 11.1 Å². The molecule has 88 valence electrons. The standard InChI is InChI=1S/C10H8F4O2/c1-5(15)6-2-7(9(11)12)4-8(3-6)16-10(13)14/h2-4,9-10H,1H3. The molecule has 1 aromatic carbocycles. The smallest absolute Gasteiger partial charge is 0.387 e. The van der Waals surface area contributed by atoms with Crippen LogP contribution in [0.25, 0.3) is 0 Å². The van der Waals surface area contributed by atoms with Crippen molar-refractivity contribution >= 4 is 5.78 Å². The number of hydrogen-bond donors (Lipinski definition) is 0. The van der Waals surface area contributed by atoms with Crippen molar-refractivity contribution in [2.45, 2.75) is 20.0 Å². The van der Waals surface area contributed by atoms with Gasteiger partial charge in [-0.1, -0.05) is 0 Å². The Morgan fingerprint density at radius 2 is 1.81 bits per heavy atom. The Morgan fingerprint density at radius 1 is 1.19 bits per heavy atom. The van der Waals surface area contributed by atoms with Crippen LogP contribution in [0, 0.1) is 0 Å². The summed E-state index contributed by atoms with van der Waals surface area (Å²) in [5, 5.41) is 0. The second-order valence-corrected chi connectivity index (χ2v) is 3.03. The van der Waals surface area contributed by atoms with Crippen molar-refractivity contribution in [3.05, 3.63) is 29.3 Å². The number of halogens is 4. The highest BCUT2D eigenvalue weighted by atomic mass is 19.3. The molecule has 0 spiro atoms. The van der Waals surface area contributed by atoms with Crippen molar-refractivity contribution in [1.82, 2.24) is 0 Å². The number of benzene rings is 1. The summed E-state index contributed by atoms with van der Waals surface area (Å²) in [5.74, 6) is -0.945. The van der Waals surface area contributed by atoms with E-state index in [2.05, 4.69) is 4.74 Å². The van der Waals surface area contributed by atoms with Crippen LogP contribution in [0.15, 0.2) is 18.2 Å². The number of ether oxygens (including phenoxy) is 1. The van der Waals surface area contributed by atoms with Crippen LogP contribution >= 0.6 is 0 Å². The maximum atomic E-state index is 12.4. The predicted octanol–water partition coefficient (Wildman–Crippen LogP) is 3.43. The Hall–Kier alpha value is -1.59. The van der Waals surface area contributed by atoms with Gasteiger partial charge in [0.1, 0.15) is 5.75 Å². The first-order chi connectivity index (χ1) is 7.40. The van der Waals surface area contributed by atoms with Crippen molar-refractivity contribution in [2.75, 3.05) is 0 Å². The summed E-state index contributed by atoms with van der Waals surface area (Å²) in [6, 6.07) is 2.73. The fraction of sp³-hybridized carbons (Fsp3) is 0.300. The minimum absolute atomic E-state index is 0.0894. The number of carbonyl (C=O) groups is 1. The summed E-state index contributed by atoms with van der Waals surface area (Å²) in [6.45, 7) is -1.97. The molecular weight excluding hydrogens is 228 g/mol. The third kappa shape index (κ3) is 3.22. The SMILES string of the molecule is CC(=O)c1cc(OC(F)F)cc(C(F)F)c1. The monoisotopic (exact) mass is 236 g/mol. The van der Waals surface area contributed by atoms with E-state index in [1.54, 1.807) is 0 Å². The molecule has 1 rings (SSSR count). The highest BCUT2D eigenvalue weighted by Crippen LogP contribution is 2.26. The van der Waals surface area contributed by atoms with Crippen molar-refractivity contribution in [3.63, 3.8) is 0 Å². The normalized spacial score (nSPS) is 10.9. The first kappa shape index (κ1) is 12.5. The van der Waals surface area contributed by atoms with Gasteiger partial charge >= 0.3 is 6.61 Å².